The SMILES string of the molecule is Cc1cccc(N2CCN(C(=O)C=Cc3ccc(Cl)cc3Cl)CC2)c1C. The van der Waals surface area contributed by atoms with Crippen LogP contribution in [0.5, 0.6) is 0 Å². The molecule has 1 fully saturated rings. The molecule has 0 aromatic heterocycles. The molecule has 26 heavy (non-hydrogen) atoms. The van der Waals surface area contributed by atoms with Gasteiger partial charge in [0.25, 0.3) is 0 Å². The molecule has 136 valence electrons. The van der Waals surface area contributed by atoms with Gasteiger partial charge < -0.3 is 9.80 Å². The molecule has 0 aliphatic carbocycles. The van der Waals surface area contributed by atoms with E-state index in [4.69, 9.17) is 23.2 Å². The molecule has 1 saturated heterocycles. The number of hydrogen-bond donors (Lipinski definition) is 0. The molecule has 1 aliphatic heterocycles. The molecule has 0 radical (unpaired) electrons. The van der Waals surface area contributed by atoms with E-state index in [0.717, 1.165) is 18.7 Å². The predicted molar refractivity (Wildman–Crippen MR) is 110 cm³/mol. The molecular weight excluding hydrogens is 367 g/mol. The second kappa shape index (κ2) is 8.15. The molecule has 1 aliphatic rings. The highest BCUT2D eigenvalue weighted by molar-refractivity contribution is 6.35. The van der Waals surface area contributed by atoms with Crippen molar-refractivity contribution in [2.24, 2.45) is 0 Å². The van der Waals surface area contributed by atoms with Gasteiger partial charge in [-0.3, -0.25) is 4.79 Å². The second-order valence-corrected chi connectivity index (χ2v) is 7.37. The van der Waals surface area contributed by atoms with Crippen molar-refractivity contribution in [3.8, 4) is 0 Å². The number of halogens is 2. The average Bonchev–Trinajstić information content (AvgIpc) is 2.63. The van der Waals surface area contributed by atoms with E-state index in [1.54, 1.807) is 24.3 Å². The summed E-state index contributed by atoms with van der Waals surface area (Å²) in [5, 5.41) is 1.13. The van der Waals surface area contributed by atoms with E-state index < -0.39 is 0 Å². The number of nitrogens with zero attached hydrogens (tertiary/aromatic N) is 2. The van der Waals surface area contributed by atoms with Gasteiger partial charge in [0.05, 0.1) is 0 Å². The van der Waals surface area contributed by atoms with Gasteiger partial charge >= 0.3 is 0 Å². The molecule has 3 nitrogen and oxygen atoms in total. The number of benzene rings is 2. The maximum absolute atomic E-state index is 12.5. The number of carbonyl (C=O) groups excluding carboxylic acids is 1. The van der Waals surface area contributed by atoms with Crippen LogP contribution in [0.15, 0.2) is 42.5 Å². The maximum atomic E-state index is 12.5. The summed E-state index contributed by atoms with van der Waals surface area (Å²) in [7, 11) is 0. The van der Waals surface area contributed by atoms with E-state index >= 15 is 0 Å². The Balaban J connectivity index is 1.61. The normalized spacial score (nSPS) is 14.9. The number of anilines is 1. The Morgan fingerprint density at radius 2 is 1.77 bits per heavy atom. The predicted octanol–water partition coefficient (Wildman–Crippen LogP) is 4.97. The molecule has 0 saturated carbocycles. The van der Waals surface area contributed by atoms with Gasteiger partial charge in [-0.25, -0.2) is 0 Å². The van der Waals surface area contributed by atoms with Crippen LogP contribution >= 0.6 is 23.2 Å². The first-order chi connectivity index (χ1) is 12.5. The lowest BCUT2D eigenvalue weighted by Crippen LogP contribution is -2.48. The number of carbonyl (C=O) groups is 1. The van der Waals surface area contributed by atoms with Crippen molar-refractivity contribution in [1.82, 2.24) is 4.90 Å². The molecule has 0 N–H and O–H groups in total. The van der Waals surface area contributed by atoms with E-state index in [0.29, 0.717) is 23.1 Å². The Hall–Kier alpha value is -1.97. The van der Waals surface area contributed by atoms with Crippen molar-refractivity contribution in [2.45, 2.75) is 13.8 Å². The van der Waals surface area contributed by atoms with Gasteiger partial charge in [0.2, 0.25) is 5.91 Å². The lowest BCUT2D eigenvalue weighted by Gasteiger charge is -2.36. The van der Waals surface area contributed by atoms with Gasteiger partial charge in [-0.1, -0.05) is 41.4 Å². The van der Waals surface area contributed by atoms with Crippen molar-refractivity contribution in [2.75, 3.05) is 31.1 Å². The van der Waals surface area contributed by atoms with Gasteiger partial charge in [-0.2, -0.15) is 0 Å². The average molecular weight is 389 g/mol. The molecule has 5 heteroatoms. The molecule has 2 aromatic carbocycles. The monoisotopic (exact) mass is 388 g/mol. The van der Waals surface area contributed by atoms with E-state index in [-0.39, 0.29) is 5.91 Å². The van der Waals surface area contributed by atoms with E-state index in [9.17, 15) is 4.79 Å². The number of hydrogen-bond acceptors (Lipinski definition) is 2. The summed E-state index contributed by atoms with van der Waals surface area (Å²) < 4.78 is 0. The Morgan fingerprint density at radius 3 is 2.46 bits per heavy atom. The minimum absolute atomic E-state index is 0.0108. The van der Waals surface area contributed by atoms with E-state index in [1.807, 2.05) is 11.0 Å². The first-order valence-corrected chi connectivity index (χ1v) is 9.44. The largest absolute Gasteiger partial charge is 0.368 e. The third-order valence-corrected chi connectivity index (χ3v) is 5.44. The Bertz CT molecular complexity index is 840. The van der Waals surface area contributed by atoms with Gasteiger partial charge in [-0.15, -0.1) is 0 Å². The quantitative estimate of drug-likeness (QED) is 0.692. The number of amides is 1. The summed E-state index contributed by atoms with van der Waals surface area (Å²) >= 11 is 12.0. The van der Waals surface area contributed by atoms with Crippen molar-refractivity contribution in [3.05, 3.63) is 69.2 Å². The van der Waals surface area contributed by atoms with Gasteiger partial charge in [0.1, 0.15) is 0 Å². The lowest BCUT2D eigenvalue weighted by molar-refractivity contribution is -0.126. The van der Waals surface area contributed by atoms with Gasteiger partial charge in [0, 0.05) is 48.0 Å². The molecule has 0 bridgehead atoms. The van der Waals surface area contributed by atoms with Crippen LogP contribution in [0.2, 0.25) is 10.0 Å². The third-order valence-electron chi connectivity index (χ3n) is 4.88. The first-order valence-electron chi connectivity index (χ1n) is 8.69. The molecular formula is C21H22Cl2N2O. The molecule has 2 aromatic rings. The number of aryl methyl sites for hydroxylation is 1. The zero-order valence-electron chi connectivity index (χ0n) is 15.0. The Morgan fingerprint density at radius 1 is 1.04 bits per heavy atom. The van der Waals surface area contributed by atoms with Crippen LogP contribution in [0.4, 0.5) is 5.69 Å². The van der Waals surface area contributed by atoms with Crippen LogP contribution in [-0.4, -0.2) is 37.0 Å². The fourth-order valence-corrected chi connectivity index (χ4v) is 3.62. The minimum Gasteiger partial charge on any atom is -0.368 e. The second-order valence-electron chi connectivity index (χ2n) is 6.53. The van der Waals surface area contributed by atoms with E-state index in [1.165, 1.54) is 16.8 Å². The smallest absolute Gasteiger partial charge is 0.246 e. The van der Waals surface area contributed by atoms with Crippen molar-refractivity contribution in [1.29, 1.82) is 0 Å². The molecule has 0 spiro atoms. The Kier molecular flexibility index (Phi) is 5.90. The van der Waals surface area contributed by atoms with Gasteiger partial charge in [0.15, 0.2) is 0 Å². The molecule has 0 unspecified atom stereocenters. The van der Waals surface area contributed by atoms with Crippen LogP contribution in [0.3, 0.4) is 0 Å². The van der Waals surface area contributed by atoms with Crippen LogP contribution in [0.25, 0.3) is 6.08 Å². The summed E-state index contributed by atoms with van der Waals surface area (Å²) in [6.45, 7) is 7.39. The van der Waals surface area contributed by atoms with Gasteiger partial charge in [-0.05, 0) is 54.8 Å². The standard InChI is InChI=1S/C21H22Cl2N2O/c1-15-4-3-5-20(16(15)2)24-10-12-25(13-11-24)21(26)9-7-17-6-8-18(22)14-19(17)23/h3-9,14H,10-13H2,1-2H3. The topological polar surface area (TPSA) is 23.6 Å². The number of rotatable bonds is 3. The van der Waals surface area contributed by atoms with Crippen LogP contribution in [-0.2, 0) is 4.79 Å². The molecule has 0 atom stereocenters. The molecule has 3 rings (SSSR count). The highest BCUT2D eigenvalue weighted by Crippen LogP contribution is 2.24. The third kappa shape index (κ3) is 4.22. The van der Waals surface area contributed by atoms with Crippen LogP contribution in [0, 0.1) is 13.8 Å². The number of piperazine rings is 1. The maximum Gasteiger partial charge on any atom is 0.246 e. The summed E-state index contributed by atoms with van der Waals surface area (Å²) in [6.07, 6.45) is 3.33. The highest BCUT2D eigenvalue weighted by atomic mass is 35.5. The summed E-state index contributed by atoms with van der Waals surface area (Å²) in [5.74, 6) is 0.0108. The zero-order chi connectivity index (χ0) is 18.7. The molecule has 1 amide bonds. The zero-order valence-corrected chi connectivity index (χ0v) is 16.5. The highest BCUT2D eigenvalue weighted by Gasteiger charge is 2.21. The molecule has 1 heterocycles. The fourth-order valence-electron chi connectivity index (χ4n) is 3.15. The van der Waals surface area contributed by atoms with Crippen LogP contribution < -0.4 is 4.90 Å². The summed E-state index contributed by atoms with van der Waals surface area (Å²) in [6, 6.07) is 11.6. The van der Waals surface area contributed by atoms with Crippen LogP contribution in [0.1, 0.15) is 16.7 Å². The van der Waals surface area contributed by atoms with Crippen molar-refractivity contribution >= 4 is 40.9 Å². The minimum atomic E-state index is 0.0108. The summed E-state index contributed by atoms with van der Waals surface area (Å²) in [5.41, 5.74) is 4.66. The first kappa shape index (κ1) is 18.8. The van der Waals surface area contributed by atoms with Crippen molar-refractivity contribution in [3.63, 3.8) is 0 Å². The van der Waals surface area contributed by atoms with E-state index in [2.05, 4.69) is 36.9 Å². The fraction of sp³-hybridized carbons (Fsp3) is 0.286. The van der Waals surface area contributed by atoms with Crippen molar-refractivity contribution < 1.29 is 4.79 Å². The lowest BCUT2D eigenvalue weighted by atomic mass is 10.1. The summed E-state index contributed by atoms with van der Waals surface area (Å²) in [4.78, 5) is 16.7. The Labute approximate surface area is 164 Å².